The van der Waals surface area contributed by atoms with E-state index in [0.717, 1.165) is 19.5 Å². The molecule has 2 aliphatic rings. The lowest BCUT2D eigenvalue weighted by atomic mass is 10.1. The van der Waals surface area contributed by atoms with Crippen molar-refractivity contribution in [3.05, 3.63) is 0 Å². The average Bonchev–Trinajstić information content (AvgIpc) is 2.24. The zero-order valence-electron chi connectivity index (χ0n) is 9.03. The Morgan fingerprint density at radius 1 is 1.40 bits per heavy atom. The van der Waals surface area contributed by atoms with Crippen molar-refractivity contribution < 1.29 is 9.59 Å². The molecule has 0 spiro atoms. The Labute approximate surface area is 89.4 Å². The largest absolute Gasteiger partial charge is 0.345 e. The van der Waals surface area contributed by atoms with Crippen LogP contribution < -0.4 is 5.32 Å². The van der Waals surface area contributed by atoms with Gasteiger partial charge >= 0.3 is 0 Å². The summed E-state index contributed by atoms with van der Waals surface area (Å²) >= 11 is 0. The van der Waals surface area contributed by atoms with Gasteiger partial charge in [0.25, 0.3) is 0 Å². The van der Waals surface area contributed by atoms with Crippen LogP contribution in [0.2, 0.25) is 0 Å². The molecule has 1 unspecified atom stereocenters. The molecule has 0 aromatic heterocycles. The third kappa shape index (κ3) is 1.97. The standard InChI is InChI=1S/C10H17N3O2/c1-2-3-12-4-5-13-8(7-12)10(15)11-6-9(13)14/h8H,2-7H2,1H3,(H,11,15). The second-order valence-corrected chi connectivity index (χ2v) is 4.12. The van der Waals surface area contributed by atoms with E-state index in [1.807, 2.05) is 0 Å². The maximum Gasteiger partial charge on any atom is 0.244 e. The number of nitrogens with one attached hydrogen (secondary N) is 1. The molecular formula is C10H17N3O2. The summed E-state index contributed by atoms with van der Waals surface area (Å²) in [6.45, 7) is 5.57. The second kappa shape index (κ2) is 4.18. The van der Waals surface area contributed by atoms with Gasteiger partial charge in [0.15, 0.2) is 0 Å². The minimum atomic E-state index is -0.258. The van der Waals surface area contributed by atoms with Gasteiger partial charge in [-0.15, -0.1) is 0 Å². The highest BCUT2D eigenvalue weighted by atomic mass is 16.2. The van der Waals surface area contributed by atoms with Crippen molar-refractivity contribution in [3.63, 3.8) is 0 Å². The van der Waals surface area contributed by atoms with Crippen LogP contribution in [0.1, 0.15) is 13.3 Å². The van der Waals surface area contributed by atoms with Gasteiger partial charge in [0.1, 0.15) is 6.04 Å². The molecule has 1 N–H and O–H groups in total. The first-order valence-electron chi connectivity index (χ1n) is 5.52. The molecule has 5 heteroatoms. The predicted molar refractivity (Wildman–Crippen MR) is 55.2 cm³/mol. The highest BCUT2D eigenvalue weighted by molar-refractivity contribution is 5.95. The van der Waals surface area contributed by atoms with Crippen molar-refractivity contribution in [1.29, 1.82) is 0 Å². The van der Waals surface area contributed by atoms with Crippen LogP contribution in [0.5, 0.6) is 0 Å². The lowest BCUT2D eigenvalue weighted by molar-refractivity contribution is -0.149. The molecule has 2 rings (SSSR count). The fourth-order valence-corrected chi connectivity index (χ4v) is 2.26. The van der Waals surface area contributed by atoms with Crippen molar-refractivity contribution in [2.24, 2.45) is 0 Å². The van der Waals surface area contributed by atoms with Gasteiger partial charge in [-0.2, -0.15) is 0 Å². The fraction of sp³-hybridized carbons (Fsp3) is 0.800. The molecule has 2 fully saturated rings. The van der Waals surface area contributed by atoms with Crippen molar-refractivity contribution >= 4 is 11.8 Å². The summed E-state index contributed by atoms with van der Waals surface area (Å²) in [5.41, 5.74) is 0. The first-order chi connectivity index (χ1) is 7.22. The Kier molecular flexibility index (Phi) is 2.90. The van der Waals surface area contributed by atoms with Gasteiger partial charge in [0.2, 0.25) is 11.8 Å². The molecule has 0 saturated carbocycles. The molecule has 0 bridgehead atoms. The van der Waals surface area contributed by atoms with Crippen LogP contribution in [0.4, 0.5) is 0 Å². The van der Waals surface area contributed by atoms with E-state index in [1.54, 1.807) is 4.90 Å². The molecule has 15 heavy (non-hydrogen) atoms. The van der Waals surface area contributed by atoms with E-state index in [9.17, 15) is 9.59 Å². The van der Waals surface area contributed by atoms with Gasteiger partial charge in [-0.05, 0) is 13.0 Å². The highest BCUT2D eigenvalue weighted by Crippen LogP contribution is 2.13. The Morgan fingerprint density at radius 3 is 2.93 bits per heavy atom. The summed E-state index contributed by atoms with van der Waals surface area (Å²) in [4.78, 5) is 27.1. The summed E-state index contributed by atoms with van der Waals surface area (Å²) in [6, 6.07) is -0.258. The van der Waals surface area contributed by atoms with E-state index < -0.39 is 0 Å². The van der Waals surface area contributed by atoms with Crippen LogP contribution >= 0.6 is 0 Å². The van der Waals surface area contributed by atoms with Gasteiger partial charge in [-0.25, -0.2) is 0 Å². The monoisotopic (exact) mass is 211 g/mol. The highest BCUT2D eigenvalue weighted by Gasteiger charge is 2.38. The van der Waals surface area contributed by atoms with Gasteiger partial charge in [0.05, 0.1) is 6.54 Å². The maximum atomic E-state index is 11.6. The molecule has 0 aromatic carbocycles. The fourth-order valence-electron chi connectivity index (χ4n) is 2.26. The van der Waals surface area contributed by atoms with Gasteiger partial charge in [0, 0.05) is 19.6 Å². The molecule has 0 radical (unpaired) electrons. The number of nitrogens with zero attached hydrogens (tertiary/aromatic N) is 2. The number of carbonyl (C=O) groups excluding carboxylic acids is 2. The summed E-state index contributed by atoms with van der Waals surface area (Å²) in [6.07, 6.45) is 1.09. The topological polar surface area (TPSA) is 52.6 Å². The molecule has 0 aliphatic carbocycles. The molecule has 2 heterocycles. The van der Waals surface area contributed by atoms with E-state index in [1.165, 1.54) is 0 Å². The van der Waals surface area contributed by atoms with Crippen LogP contribution in [0, 0.1) is 0 Å². The third-order valence-electron chi connectivity index (χ3n) is 3.04. The summed E-state index contributed by atoms with van der Waals surface area (Å²) in [5.74, 6) is 0.0474. The number of amides is 2. The zero-order valence-corrected chi connectivity index (χ0v) is 9.03. The molecule has 84 valence electrons. The predicted octanol–water partition coefficient (Wildman–Crippen LogP) is -0.961. The molecule has 2 aliphatic heterocycles. The van der Waals surface area contributed by atoms with Crippen LogP contribution in [0.3, 0.4) is 0 Å². The van der Waals surface area contributed by atoms with E-state index in [0.29, 0.717) is 13.1 Å². The number of piperazine rings is 2. The Balaban J connectivity index is 2.03. The summed E-state index contributed by atoms with van der Waals surface area (Å²) in [5, 5.41) is 2.64. The molecule has 5 nitrogen and oxygen atoms in total. The van der Waals surface area contributed by atoms with Gasteiger partial charge in [-0.3, -0.25) is 14.5 Å². The van der Waals surface area contributed by atoms with E-state index >= 15 is 0 Å². The van der Waals surface area contributed by atoms with Gasteiger partial charge in [-0.1, -0.05) is 6.92 Å². The lowest BCUT2D eigenvalue weighted by Crippen LogP contribution is -2.66. The smallest absolute Gasteiger partial charge is 0.244 e. The van der Waals surface area contributed by atoms with Crippen LogP contribution in [0.25, 0.3) is 0 Å². The summed E-state index contributed by atoms with van der Waals surface area (Å²) < 4.78 is 0. The second-order valence-electron chi connectivity index (χ2n) is 4.12. The maximum absolute atomic E-state index is 11.6. The minimum Gasteiger partial charge on any atom is -0.345 e. The normalized spacial score (nSPS) is 27.5. The van der Waals surface area contributed by atoms with E-state index in [-0.39, 0.29) is 24.4 Å². The van der Waals surface area contributed by atoms with E-state index in [2.05, 4.69) is 17.1 Å². The third-order valence-corrected chi connectivity index (χ3v) is 3.04. The number of hydrogen-bond donors (Lipinski definition) is 1. The molecule has 2 amide bonds. The van der Waals surface area contributed by atoms with Crippen molar-refractivity contribution in [3.8, 4) is 0 Å². The summed E-state index contributed by atoms with van der Waals surface area (Å²) in [7, 11) is 0. The number of carbonyl (C=O) groups is 2. The van der Waals surface area contributed by atoms with Crippen LogP contribution in [0.15, 0.2) is 0 Å². The van der Waals surface area contributed by atoms with Crippen molar-refractivity contribution in [1.82, 2.24) is 15.1 Å². The molecule has 1 atom stereocenters. The Hall–Kier alpha value is -1.10. The van der Waals surface area contributed by atoms with Crippen LogP contribution in [-0.4, -0.2) is 60.4 Å². The van der Waals surface area contributed by atoms with Crippen molar-refractivity contribution in [2.75, 3.05) is 32.7 Å². The number of rotatable bonds is 2. The molecule has 2 saturated heterocycles. The zero-order chi connectivity index (χ0) is 10.8. The Bertz CT molecular complexity index is 280. The molecule has 0 aromatic rings. The Morgan fingerprint density at radius 2 is 2.20 bits per heavy atom. The van der Waals surface area contributed by atoms with E-state index in [4.69, 9.17) is 0 Å². The first kappa shape index (κ1) is 10.4. The number of fused-ring (bicyclic) bond motifs is 1. The SMILES string of the molecule is CCCN1CCN2C(=O)CNC(=O)C2C1. The first-order valence-corrected chi connectivity index (χ1v) is 5.52. The van der Waals surface area contributed by atoms with Gasteiger partial charge < -0.3 is 10.2 Å². The van der Waals surface area contributed by atoms with Crippen molar-refractivity contribution in [2.45, 2.75) is 19.4 Å². The number of hydrogen-bond acceptors (Lipinski definition) is 3. The molecular weight excluding hydrogens is 194 g/mol. The lowest BCUT2D eigenvalue weighted by Gasteiger charge is -2.42. The van der Waals surface area contributed by atoms with Crippen LogP contribution in [-0.2, 0) is 9.59 Å². The average molecular weight is 211 g/mol. The minimum absolute atomic E-state index is 0.00426. The quantitative estimate of drug-likeness (QED) is 0.640.